The minimum absolute atomic E-state index is 0. The van der Waals surface area contributed by atoms with Crippen LogP contribution in [0.15, 0.2) is 4.99 Å². The zero-order valence-corrected chi connectivity index (χ0v) is 16.9. The number of aliphatic imine (C=N–C) groups is 1. The van der Waals surface area contributed by atoms with Crippen LogP contribution in [0.1, 0.15) is 39.0 Å². The average molecular weight is 462 g/mol. The van der Waals surface area contributed by atoms with Gasteiger partial charge in [0.25, 0.3) is 0 Å². The molecule has 0 radical (unpaired) electrons. The second kappa shape index (κ2) is 10.0. The van der Waals surface area contributed by atoms with E-state index in [0.717, 1.165) is 18.9 Å². The fraction of sp³-hybridized carbons (Fsp3) is 0.938. The number of nitrogens with one attached hydrogen (secondary N) is 2. The Hall–Kier alpha value is -0.250. The standard InChI is InChI=1S/C16H29F3N4.HI/c1-12-3-5-13(6-4-12)9-21-15(20-2)22-14-7-8-23(10-14)11-16(17,18)19;/h12-14H,3-11H2,1-2H3,(H2,20,21,22);1H. The van der Waals surface area contributed by atoms with E-state index in [1.165, 1.54) is 30.6 Å². The van der Waals surface area contributed by atoms with Crippen LogP contribution in [0, 0.1) is 11.8 Å². The number of hydrogen-bond donors (Lipinski definition) is 2. The summed E-state index contributed by atoms with van der Waals surface area (Å²) >= 11 is 0. The molecule has 2 fully saturated rings. The van der Waals surface area contributed by atoms with Crippen molar-refractivity contribution in [2.24, 2.45) is 16.8 Å². The summed E-state index contributed by atoms with van der Waals surface area (Å²) in [6, 6.07) is 0.0370. The molecule has 1 saturated carbocycles. The van der Waals surface area contributed by atoms with Gasteiger partial charge in [-0.3, -0.25) is 9.89 Å². The second-order valence-electron chi connectivity index (χ2n) is 7.06. The lowest BCUT2D eigenvalue weighted by Crippen LogP contribution is -2.46. The fourth-order valence-electron chi connectivity index (χ4n) is 3.51. The lowest BCUT2D eigenvalue weighted by Gasteiger charge is -2.27. The fourth-order valence-corrected chi connectivity index (χ4v) is 3.51. The number of nitrogens with zero attached hydrogens (tertiary/aromatic N) is 2. The van der Waals surface area contributed by atoms with Crippen molar-refractivity contribution in [3.63, 3.8) is 0 Å². The van der Waals surface area contributed by atoms with Crippen molar-refractivity contribution in [1.29, 1.82) is 0 Å². The molecular formula is C16H30F3IN4. The van der Waals surface area contributed by atoms with Gasteiger partial charge < -0.3 is 10.6 Å². The molecule has 1 heterocycles. The molecule has 2 aliphatic rings. The van der Waals surface area contributed by atoms with Crippen molar-refractivity contribution in [2.75, 3.05) is 33.2 Å². The topological polar surface area (TPSA) is 39.7 Å². The van der Waals surface area contributed by atoms with Gasteiger partial charge in [0.2, 0.25) is 0 Å². The third-order valence-corrected chi connectivity index (χ3v) is 4.93. The predicted octanol–water partition coefficient (Wildman–Crippen LogP) is 3.23. The molecule has 24 heavy (non-hydrogen) atoms. The Kier molecular flexibility index (Phi) is 9.11. The maximum atomic E-state index is 12.4. The van der Waals surface area contributed by atoms with E-state index in [1.807, 2.05) is 0 Å². The first-order chi connectivity index (χ1) is 10.9. The molecule has 0 bridgehead atoms. The van der Waals surface area contributed by atoms with Gasteiger partial charge in [0, 0.05) is 32.7 Å². The molecule has 0 aromatic carbocycles. The average Bonchev–Trinajstić information content (AvgIpc) is 2.90. The second-order valence-corrected chi connectivity index (χ2v) is 7.06. The molecular weight excluding hydrogens is 432 g/mol. The highest BCUT2D eigenvalue weighted by Crippen LogP contribution is 2.27. The van der Waals surface area contributed by atoms with E-state index in [0.29, 0.717) is 25.0 Å². The third-order valence-electron chi connectivity index (χ3n) is 4.93. The number of guanidine groups is 1. The Balaban J connectivity index is 0.00000288. The third kappa shape index (κ3) is 7.76. The normalized spacial score (nSPS) is 29.2. The van der Waals surface area contributed by atoms with Crippen molar-refractivity contribution in [3.8, 4) is 0 Å². The molecule has 2 N–H and O–H groups in total. The van der Waals surface area contributed by atoms with E-state index < -0.39 is 12.7 Å². The summed E-state index contributed by atoms with van der Waals surface area (Å²) in [5.41, 5.74) is 0. The quantitative estimate of drug-likeness (QED) is 0.383. The van der Waals surface area contributed by atoms with Crippen molar-refractivity contribution >= 4 is 29.9 Å². The van der Waals surface area contributed by atoms with E-state index in [-0.39, 0.29) is 30.0 Å². The molecule has 142 valence electrons. The number of alkyl halides is 3. The molecule has 8 heteroatoms. The molecule has 0 aromatic heterocycles. The van der Waals surface area contributed by atoms with Crippen molar-refractivity contribution < 1.29 is 13.2 Å². The monoisotopic (exact) mass is 462 g/mol. The van der Waals surface area contributed by atoms with Gasteiger partial charge in [0.15, 0.2) is 5.96 Å². The van der Waals surface area contributed by atoms with E-state index >= 15 is 0 Å². The summed E-state index contributed by atoms with van der Waals surface area (Å²) in [7, 11) is 1.71. The summed E-state index contributed by atoms with van der Waals surface area (Å²) in [5, 5.41) is 6.60. The smallest absolute Gasteiger partial charge is 0.356 e. The largest absolute Gasteiger partial charge is 0.401 e. The lowest BCUT2D eigenvalue weighted by atomic mass is 9.83. The van der Waals surface area contributed by atoms with E-state index in [4.69, 9.17) is 0 Å². The Morgan fingerprint density at radius 1 is 1.17 bits per heavy atom. The number of rotatable bonds is 4. The first-order valence-corrected chi connectivity index (χ1v) is 8.62. The Morgan fingerprint density at radius 3 is 2.42 bits per heavy atom. The highest BCUT2D eigenvalue weighted by Gasteiger charge is 2.34. The van der Waals surface area contributed by atoms with Crippen molar-refractivity contribution in [1.82, 2.24) is 15.5 Å². The molecule has 1 aliphatic carbocycles. The van der Waals surface area contributed by atoms with Gasteiger partial charge in [-0.05, 0) is 31.1 Å². The maximum Gasteiger partial charge on any atom is 0.401 e. The van der Waals surface area contributed by atoms with Gasteiger partial charge in [0.05, 0.1) is 6.54 Å². The van der Waals surface area contributed by atoms with Crippen LogP contribution in [-0.2, 0) is 0 Å². The van der Waals surface area contributed by atoms with E-state index in [2.05, 4.69) is 22.5 Å². The Bertz CT molecular complexity index is 395. The molecule has 1 unspecified atom stereocenters. The van der Waals surface area contributed by atoms with Gasteiger partial charge in [-0.15, -0.1) is 24.0 Å². The minimum Gasteiger partial charge on any atom is -0.356 e. The van der Waals surface area contributed by atoms with Crippen LogP contribution < -0.4 is 10.6 Å². The molecule has 2 rings (SSSR count). The minimum atomic E-state index is -4.12. The van der Waals surface area contributed by atoms with Crippen LogP contribution in [0.25, 0.3) is 0 Å². The van der Waals surface area contributed by atoms with Gasteiger partial charge in [0.1, 0.15) is 0 Å². The van der Waals surface area contributed by atoms with E-state index in [1.54, 1.807) is 7.05 Å². The van der Waals surface area contributed by atoms with E-state index in [9.17, 15) is 13.2 Å². The molecule has 1 aliphatic heterocycles. The number of hydrogen-bond acceptors (Lipinski definition) is 2. The van der Waals surface area contributed by atoms with Gasteiger partial charge >= 0.3 is 6.18 Å². The highest BCUT2D eigenvalue weighted by molar-refractivity contribution is 14.0. The summed E-state index contributed by atoms with van der Waals surface area (Å²) in [5.74, 6) is 2.22. The van der Waals surface area contributed by atoms with Crippen molar-refractivity contribution in [2.45, 2.75) is 51.2 Å². The SMILES string of the molecule is CN=C(NCC1CCC(C)CC1)NC1CCN(CC(F)(F)F)C1.I. The Morgan fingerprint density at radius 2 is 1.83 bits per heavy atom. The van der Waals surface area contributed by atoms with Crippen molar-refractivity contribution in [3.05, 3.63) is 0 Å². The molecule has 0 spiro atoms. The zero-order valence-electron chi connectivity index (χ0n) is 14.5. The van der Waals surface area contributed by atoms with Gasteiger partial charge in [-0.25, -0.2) is 0 Å². The summed E-state index contributed by atoms with van der Waals surface area (Å²) in [6.07, 6.45) is 1.66. The summed E-state index contributed by atoms with van der Waals surface area (Å²) in [4.78, 5) is 5.66. The summed E-state index contributed by atoms with van der Waals surface area (Å²) < 4.78 is 37.3. The van der Waals surface area contributed by atoms with Gasteiger partial charge in [-0.1, -0.05) is 19.8 Å². The van der Waals surface area contributed by atoms with Gasteiger partial charge in [-0.2, -0.15) is 13.2 Å². The van der Waals surface area contributed by atoms with Crippen LogP contribution in [0.2, 0.25) is 0 Å². The molecule has 1 saturated heterocycles. The first-order valence-electron chi connectivity index (χ1n) is 8.62. The highest BCUT2D eigenvalue weighted by atomic mass is 127. The predicted molar refractivity (Wildman–Crippen MR) is 102 cm³/mol. The first kappa shape index (κ1) is 21.8. The summed E-state index contributed by atoms with van der Waals surface area (Å²) in [6.45, 7) is 3.27. The molecule has 4 nitrogen and oxygen atoms in total. The van der Waals surface area contributed by atoms with Crippen LogP contribution >= 0.6 is 24.0 Å². The number of halogens is 4. The maximum absolute atomic E-state index is 12.4. The molecule has 0 amide bonds. The zero-order chi connectivity index (χ0) is 16.9. The Labute approximate surface area is 160 Å². The van der Waals surface area contributed by atoms with Crippen LogP contribution in [0.5, 0.6) is 0 Å². The molecule has 1 atom stereocenters. The van der Waals surface area contributed by atoms with Crippen LogP contribution in [0.4, 0.5) is 13.2 Å². The lowest BCUT2D eigenvalue weighted by molar-refractivity contribution is -0.143. The molecule has 0 aromatic rings. The van der Waals surface area contributed by atoms with Crippen LogP contribution in [-0.4, -0.2) is 56.3 Å². The number of likely N-dealkylation sites (tertiary alicyclic amines) is 1. The van der Waals surface area contributed by atoms with Crippen LogP contribution in [0.3, 0.4) is 0 Å².